The number of benzene rings is 4. The zero-order valence-corrected chi connectivity index (χ0v) is 19.8. The molecule has 6 aromatic rings. The minimum Gasteiger partial charge on any atom is -0.304 e. The van der Waals surface area contributed by atoms with Gasteiger partial charge in [0.05, 0.1) is 22.8 Å². The summed E-state index contributed by atoms with van der Waals surface area (Å²) in [5.41, 5.74) is 6.43. The van der Waals surface area contributed by atoms with Gasteiger partial charge in [0.25, 0.3) is 0 Å². The molecule has 4 aromatic carbocycles. The highest BCUT2D eigenvalue weighted by Gasteiger charge is 2.28. The maximum absolute atomic E-state index is 13.3. The van der Waals surface area contributed by atoms with Crippen molar-refractivity contribution in [3.05, 3.63) is 108 Å². The molecule has 0 unspecified atom stereocenters. The second-order valence-electron chi connectivity index (χ2n) is 9.01. The minimum atomic E-state index is -4.99. The number of hydrogen-bond acceptors (Lipinski definition) is 0. The first-order valence-electron chi connectivity index (χ1n) is 12.7. The van der Waals surface area contributed by atoms with Crippen LogP contribution in [-0.2, 0) is 13.4 Å². The lowest BCUT2D eigenvalue weighted by Gasteiger charge is -2.11. The van der Waals surface area contributed by atoms with Gasteiger partial charge in [0, 0.05) is 14.5 Å². The summed E-state index contributed by atoms with van der Waals surface area (Å²) in [5, 5.41) is 3.34. The average Bonchev–Trinajstić information content (AvgIpc) is 3.24. The van der Waals surface area contributed by atoms with Crippen molar-refractivity contribution in [3.8, 4) is 16.9 Å². The highest BCUT2D eigenvalue weighted by Crippen LogP contribution is 2.35. The molecule has 2 aromatic heterocycles. The van der Waals surface area contributed by atoms with Gasteiger partial charge in [0.1, 0.15) is 12.6 Å². The summed E-state index contributed by atoms with van der Waals surface area (Å²) in [4.78, 5) is 0. The molecular weight excluding hydrogens is 457 g/mol. The largest absolute Gasteiger partial charge is 0.393 e. The van der Waals surface area contributed by atoms with Crippen LogP contribution in [-0.4, -0.2) is 10.7 Å². The molecule has 0 atom stereocenters. The quantitative estimate of drug-likeness (QED) is 0.227. The van der Waals surface area contributed by atoms with Crippen molar-refractivity contribution in [3.63, 3.8) is 0 Å². The van der Waals surface area contributed by atoms with E-state index in [1.54, 1.807) is 12.1 Å². The van der Waals surface area contributed by atoms with Gasteiger partial charge in [-0.05, 0) is 59.2 Å². The third-order valence-electron chi connectivity index (χ3n) is 6.78. The number of nitrogens with zero attached hydrogens (tertiary/aromatic N) is 2. The first-order chi connectivity index (χ1) is 18.1. The molecular formula is C31H24F3N2+. The van der Waals surface area contributed by atoms with Crippen LogP contribution in [0.4, 0.5) is 13.2 Å². The Morgan fingerprint density at radius 1 is 0.778 bits per heavy atom. The van der Waals surface area contributed by atoms with Crippen LogP contribution in [0.3, 0.4) is 0 Å². The van der Waals surface area contributed by atoms with Crippen molar-refractivity contribution in [2.75, 3.05) is 0 Å². The number of hydrogen-bond donors (Lipinski definition) is 0. The Morgan fingerprint density at radius 3 is 2.22 bits per heavy atom. The van der Waals surface area contributed by atoms with Gasteiger partial charge >= 0.3 is 6.18 Å². The minimum absolute atomic E-state index is 0.422. The molecule has 178 valence electrons. The SMILES string of the molecule is [2H]C([2H])(c1ccc(-n2c3ccccc3c3c2ccc(-c2c(C)ccc4ccccc24)[n+]3C)cc1)C(F)(F)F. The molecule has 6 rings (SSSR count). The van der Waals surface area contributed by atoms with E-state index in [4.69, 9.17) is 2.74 Å². The standard InChI is InChI=1S/C31H24F3N2/c1-20-11-14-22-7-3-4-8-24(22)29(20)27-17-18-28-30(35(27)2)25-9-5-6-10-26(25)36(28)23-15-12-21(13-16-23)19-31(32,33)34/h3-18H,19H2,1-2H3/q+1/i19D2. The lowest BCUT2D eigenvalue weighted by atomic mass is 9.96. The number of pyridine rings is 1. The van der Waals surface area contributed by atoms with Crippen LogP contribution >= 0.6 is 0 Å². The fourth-order valence-electron chi connectivity index (χ4n) is 5.25. The van der Waals surface area contributed by atoms with Gasteiger partial charge in [-0.2, -0.15) is 17.7 Å². The summed E-state index contributed by atoms with van der Waals surface area (Å²) < 4.78 is 59.1. The van der Waals surface area contributed by atoms with Crippen molar-refractivity contribution in [1.29, 1.82) is 0 Å². The van der Waals surface area contributed by atoms with Crippen molar-refractivity contribution in [2.24, 2.45) is 7.05 Å². The van der Waals surface area contributed by atoms with Crippen molar-refractivity contribution in [1.82, 2.24) is 4.57 Å². The number of alkyl halides is 3. The molecule has 0 aliphatic rings. The fraction of sp³-hybridized carbons (Fsp3) is 0.129. The van der Waals surface area contributed by atoms with Crippen LogP contribution in [0.15, 0.2) is 97.1 Å². The van der Waals surface area contributed by atoms with Crippen LogP contribution in [0.25, 0.3) is 49.7 Å². The van der Waals surface area contributed by atoms with E-state index < -0.39 is 18.1 Å². The Bertz CT molecular complexity index is 1850. The van der Waals surface area contributed by atoms with E-state index in [1.807, 2.05) is 48.0 Å². The molecule has 0 radical (unpaired) electrons. The van der Waals surface area contributed by atoms with Gasteiger partial charge < -0.3 is 4.57 Å². The van der Waals surface area contributed by atoms with Crippen LogP contribution in [0.1, 0.15) is 13.9 Å². The normalized spacial score (nSPS) is 13.4. The number of aromatic nitrogens is 2. The molecule has 0 aliphatic carbocycles. The Morgan fingerprint density at radius 2 is 1.47 bits per heavy atom. The molecule has 5 heteroatoms. The Labute approximate surface area is 209 Å². The van der Waals surface area contributed by atoms with Gasteiger partial charge in [0.15, 0.2) is 0 Å². The highest BCUT2D eigenvalue weighted by molar-refractivity contribution is 6.06. The van der Waals surface area contributed by atoms with Gasteiger partial charge in [-0.15, -0.1) is 0 Å². The predicted molar refractivity (Wildman–Crippen MR) is 139 cm³/mol. The maximum Gasteiger partial charge on any atom is 0.393 e. The second kappa shape index (κ2) is 8.23. The van der Waals surface area contributed by atoms with E-state index in [9.17, 15) is 13.2 Å². The van der Waals surface area contributed by atoms with Crippen LogP contribution < -0.4 is 4.57 Å². The zero-order valence-electron chi connectivity index (χ0n) is 21.8. The monoisotopic (exact) mass is 483 g/mol. The molecule has 0 saturated carbocycles. The van der Waals surface area contributed by atoms with Crippen molar-refractivity contribution < 1.29 is 20.5 Å². The third kappa shape index (κ3) is 3.63. The first kappa shape index (κ1) is 20.1. The Hall–Kier alpha value is -4.12. The van der Waals surface area contributed by atoms with E-state index in [0.717, 1.165) is 44.1 Å². The molecule has 0 bridgehead atoms. The van der Waals surface area contributed by atoms with Crippen LogP contribution in [0, 0.1) is 6.92 Å². The maximum atomic E-state index is 13.3. The average molecular weight is 484 g/mol. The van der Waals surface area contributed by atoms with E-state index in [2.05, 4.69) is 47.9 Å². The zero-order chi connectivity index (χ0) is 26.8. The molecule has 0 saturated heterocycles. The molecule has 0 spiro atoms. The van der Waals surface area contributed by atoms with E-state index >= 15 is 0 Å². The number of para-hydroxylation sites is 1. The molecule has 2 heterocycles. The molecule has 36 heavy (non-hydrogen) atoms. The van der Waals surface area contributed by atoms with Crippen molar-refractivity contribution >= 4 is 32.7 Å². The van der Waals surface area contributed by atoms with Crippen LogP contribution in [0.2, 0.25) is 0 Å². The summed E-state index contributed by atoms with van der Waals surface area (Å²) >= 11 is 0. The number of fused-ring (bicyclic) bond motifs is 4. The van der Waals surface area contributed by atoms with Gasteiger partial charge in [0.2, 0.25) is 11.2 Å². The fourth-order valence-corrected chi connectivity index (χ4v) is 5.25. The van der Waals surface area contributed by atoms with E-state index in [-0.39, 0.29) is 0 Å². The summed E-state index contributed by atoms with van der Waals surface area (Å²) in [5.74, 6) is 0. The second-order valence-corrected chi connectivity index (χ2v) is 9.01. The Kier molecular flexibility index (Phi) is 4.60. The van der Waals surface area contributed by atoms with E-state index in [0.29, 0.717) is 5.69 Å². The third-order valence-corrected chi connectivity index (χ3v) is 6.78. The van der Waals surface area contributed by atoms with Crippen molar-refractivity contribution in [2.45, 2.75) is 19.5 Å². The first-order valence-corrected chi connectivity index (χ1v) is 11.7. The molecule has 2 nitrogen and oxygen atoms in total. The lowest BCUT2D eigenvalue weighted by molar-refractivity contribution is -0.632. The summed E-state index contributed by atoms with van der Waals surface area (Å²) in [6.45, 7) is 2.11. The molecule has 0 aliphatic heterocycles. The summed E-state index contributed by atoms with van der Waals surface area (Å²) in [6, 6.07) is 30.2. The summed E-state index contributed by atoms with van der Waals surface area (Å²) in [7, 11) is 2.04. The van der Waals surface area contributed by atoms with Gasteiger partial charge in [-0.25, -0.2) is 0 Å². The predicted octanol–water partition coefficient (Wildman–Crippen LogP) is 7.84. The topological polar surface area (TPSA) is 8.81 Å². The number of rotatable bonds is 3. The molecule has 0 N–H and O–H groups in total. The Balaban J connectivity index is 1.60. The van der Waals surface area contributed by atoms with Gasteiger partial charge in [-0.3, -0.25) is 0 Å². The molecule has 0 fully saturated rings. The lowest BCUT2D eigenvalue weighted by Crippen LogP contribution is -2.32. The molecule has 0 amide bonds. The van der Waals surface area contributed by atoms with E-state index in [1.165, 1.54) is 17.5 Å². The number of halogens is 3. The van der Waals surface area contributed by atoms with Gasteiger partial charge in [-0.1, -0.05) is 60.7 Å². The smallest absolute Gasteiger partial charge is 0.304 e. The summed E-state index contributed by atoms with van der Waals surface area (Å²) in [6.07, 6.45) is -8.42. The highest BCUT2D eigenvalue weighted by atomic mass is 19.4. The number of aryl methyl sites for hydroxylation is 2. The van der Waals surface area contributed by atoms with Crippen LogP contribution in [0.5, 0.6) is 0 Å².